The SMILES string of the molecule is COC(C)Cc1ccc(C(=O)CN)cc1. The first-order chi connectivity index (χ1) is 7.17. The van der Waals surface area contributed by atoms with Gasteiger partial charge in [-0.2, -0.15) is 0 Å². The van der Waals surface area contributed by atoms with E-state index in [2.05, 4.69) is 0 Å². The lowest BCUT2D eigenvalue weighted by Gasteiger charge is -2.09. The molecule has 0 fully saturated rings. The maximum Gasteiger partial charge on any atom is 0.176 e. The molecule has 0 radical (unpaired) electrons. The minimum Gasteiger partial charge on any atom is -0.381 e. The zero-order chi connectivity index (χ0) is 11.3. The molecule has 0 bridgehead atoms. The summed E-state index contributed by atoms with van der Waals surface area (Å²) < 4.78 is 5.17. The third-order valence-electron chi connectivity index (χ3n) is 2.39. The molecule has 1 atom stereocenters. The highest BCUT2D eigenvalue weighted by Crippen LogP contribution is 2.08. The highest BCUT2D eigenvalue weighted by molar-refractivity contribution is 5.97. The fraction of sp³-hybridized carbons (Fsp3) is 0.417. The minimum absolute atomic E-state index is 0.0265. The zero-order valence-electron chi connectivity index (χ0n) is 9.19. The second-order valence-electron chi connectivity index (χ2n) is 3.57. The number of benzene rings is 1. The van der Waals surface area contributed by atoms with Gasteiger partial charge in [0.1, 0.15) is 0 Å². The van der Waals surface area contributed by atoms with Crippen LogP contribution in [-0.4, -0.2) is 25.5 Å². The predicted octanol–water partition coefficient (Wildman–Crippen LogP) is 1.41. The van der Waals surface area contributed by atoms with Gasteiger partial charge in [-0.05, 0) is 18.9 Å². The molecule has 1 unspecified atom stereocenters. The van der Waals surface area contributed by atoms with E-state index in [1.54, 1.807) is 7.11 Å². The number of hydrogen-bond donors (Lipinski definition) is 1. The van der Waals surface area contributed by atoms with Crippen LogP contribution in [0, 0.1) is 0 Å². The smallest absolute Gasteiger partial charge is 0.176 e. The van der Waals surface area contributed by atoms with E-state index in [1.807, 2.05) is 31.2 Å². The fourth-order valence-electron chi connectivity index (χ4n) is 1.36. The lowest BCUT2D eigenvalue weighted by molar-refractivity contribution is 0.100. The molecule has 82 valence electrons. The number of carbonyl (C=O) groups is 1. The van der Waals surface area contributed by atoms with Gasteiger partial charge in [0.2, 0.25) is 0 Å². The number of nitrogens with two attached hydrogens (primary N) is 1. The van der Waals surface area contributed by atoms with Crippen molar-refractivity contribution in [3.63, 3.8) is 0 Å². The summed E-state index contributed by atoms with van der Waals surface area (Å²) in [6, 6.07) is 7.51. The Morgan fingerprint density at radius 1 is 1.40 bits per heavy atom. The third kappa shape index (κ3) is 3.46. The summed E-state index contributed by atoms with van der Waals surface area (Å²) in [4.78, 5) is 11.3. The van der Waals surface area contributed by atoms with Crippen LogP contribution < -0.4 is 5.73 Å². The van der Waals surface area contributed by atoms with Crippen molar-refractivity contribution in [3.8, 4) is 0 Å². The quantitative estimate of drug-likeness (QED) is 0.743. The molecule has 0 amide bonds. The maximum absolute atomic E-state index is 11.3. The van der Waals surface area contributed by atoms with Crippen molar-refractivity contribution < 1.29 is 9.53 Å². The molecule has 0 aromatic heterocycles. The number of ether oxygens (including phenoxy) is 1. The molecule has 1 rings (SSSR count). The number of Topliss-reactive ketones (excluding diaryl/α,β-unsaturated/α-hetero) is 1. The molecule has 0 aliphatic carbocycles. The van der Waals surface area contributed by atoms with E-state index in [1.165, 1.54) is 0 Å². The zero-order valence-corrected chi connectivity index (χ0v) is 9.19. The van der Waals surface area contributed by atoms with Gasteiger partial charge in [0.25, 0.3) is 0 Å². The van der Waals surface area contributed by atoms with E-state index in [4.69, 9.17) is 10.5 Å². The monoisotopic (exact) mass is 207 g/mol. The van der Waals surface area contributed by atoms with Crippen molar-refractivity contribution in [2.75, 3.05) is 13.7 Å². The van der Waals surface area contributed by atoms with Gasteiger partial charge in [-0.15, -0.1) is 0 Å². The Morgan fingerprint density at radius 2 is 2.00 bits per heavy atom. The van der Waals surface area contributed by atoms with Gasteiger partial charge in [0.05, 0.1) is 12.6 Å². The van der Waals surface area contributed by atoms with Crippen molar-refractivity contribution in [2.45, 2.75) is 19.4 Å². The minimum atomic E-state index is -0.0265. The van der Waals surface area contributed by atoms with Crippen molar-refractivity contribution >= 4 is 5.78 Å². The summed E-state index contributed by atoms with van der Waals surface area (Å²) in [5.41, 5.74) is 7.11. The molecule has 15 heavy (non-hydrogen) atoms. The van der Waals surface area contributed by atoms with E-state index in [0.29, 0.717) is 5.56 Å². The molecule has 1 aromatic rings. The lowest BCUT2D eigenvalue weighted by atomic mass is 10.0. The Morgan fingerprint density at radius 3 is 2.47 bits per heavy atom. The molecular weight excluding hydrogens is 190 g/mol. The summed E-state index contributed by atoms with van der Waals surface area (Å²) >= 11 is 0. The first-order valence-corrected chi connectivity index (χ1v) is 5.02. The van der Waals surface area contributed by atoms with Crippen LogP contribution in [0.1, 0.15) is 22.8 Å². The van der Waals surface area contributed by atoms with Crippen LogP contribution in [0.2, 0.25) is 0 Å². The van der Waals surface area contributed by atoms with E-state index in [9.17, 15) is 4.79 Å². The average molecular weight is 207 g/mol. The van der Waals surface area contributed by atoms with Gasteiger partial charge >= 0.3 is 0 Å². The van der Waals surface area contributed by atoms with Crippen LogP contribution in [0.25, 0.3) is 0 Å². The number of rotatable bonds is 5. The van der Waals surface area contributed by atoms with Crippen LogP contribution in [0.5, 0.6) is 0 Å². The van der Waals surface area contributed by atoms with E-state index in [0.717, 1.165) is 12.0 Å². The Balaban J connectivity index is 2.68. The molecule has 3 nitrogen and oxygen atoms in total. The van der Waals surface area contributed by atoms with Crippen LogP contribution in [0.15, 0.2) is 24.3 Å². The average Bonchev–Trinajstić information content (AvgIpc) is 2.29. The number of methoxy groups -OCH3 is 1. The Kier molecular flexibility index (Phi) is 4.46. The topological polar surface area (TPSA) is 52.3 Å². The number of carbonyl (C=O) groups excluding carboxylic acids is 1. The van der Waals surface area contributed by atoms with Crippen LogP contribution in [0.4, 0.5) is 0 Å². The highest BCUT2D eigenvalue weighted by Gasteiger charge is 2.04. The van der Waals surface area contributed by atoms with Gasteiger partial charge in [0, 0.05) is 12.7 Å². The van der Waals surface area contributed by atoms with Crippen LogP contribution in [0.3, 0.4) is 0 Å². The largest absolute Gasteiger partial charge is 0.381 e. The lowest BCUT2D eigenvalue weighted by Crippen LogP contribution is -2.13. The molecule has 2 N–H and O–H groups in total. The molecule has 0 heterocycles. The molecule has 0 aliphatic heterocycles. The second-order valence-corrected chi connectivity index (χ2v) is 3.57. The molecule has 3 heteroatoms. The standard InChI is InChI=1S/C12H17NO2/c1-9(15-2)7-10-3-5-11(6-4-10)12(14)8-13/h3-6,9H,7-8,13H2,1-2H3. The summed E-state index contributed by atoms with van der Waals surface area (Å²) in [7, 11) is 1.69. The normalized spacial score (nSPS) is 12.5. The van der Waals surface area contributed by atoms with Crippen molar-refractivity contribution in [1.29, 1.82) is 0 Å². The first kappa shape index (κ1) is 11.9. The van der Waals surface area contributed by atoms with Crippen LogP contribution in [-0.2, 0) is 11.2 Å². The van der Waals surface area contributed by atoms with E-state index in [-0.39, 0.29) is 18.4 Å². The number of ketones is 1. The molecule has 1 aromatic carbocycles. The van der Waals surface area contributed by atoms with Gasteiger partial charge in [-0.1, -0.05) is 24.3 Å². The van der Waals surface area contributed by atoms with Crippen LogP contribution >= 0.6 is 0 Å². The van der Waals surface area contributed by atoms with Crippen molar-refractivity contribution in [2.24, 2.45) is 5.73 Å². The Hall–Kier alpha value is -1.19. The third-order valence-corrected chi connectivity index (χ3v) is 2.39. The Bertz CT molecular complexity index is 319. The van der Waals surface area contributed by atoms with Gasteiger partial charge < -0.3 is 10.5 Å². The van der Waals surface area contributed by atoms with E-state index < -0.39 is 0 Å². The molecule has 0 spiro atoms. The summed E-state index contributed by atoms with van der Waals surface area (Å²) in [5, 5.41) is 0. The molecule has 0 saturated carbocycles. The summed E-state index contributed by atoms with van der Waals surface area (Å²) in [6.45, 7) is 2.08. The number of hydrogen-bond acceptors (Lipinski definition) is 3. The van der Waals surface area contributed by atoms with E-state index >= 15 is 0 Å². The molecule has 0 saturated heterocycles. The van der Waals surface area contributed by atoms with Gasteiger partial charge in [-0.25, -0.2) is 0 Å². The molecule has 0 aliphatic rings. The second kappa shape index (κ2) is 5.63. The van der Waals surface area contributed by atoms with Crippen molar-refractivity contribution in [1.82, 2.24) is 0 Å². The summed E-state index contributed by atoms with van der Waals surface area (Å²) in [6.07, 6.45) is 1.05. The fourth-order valence-corrected chi connectivity index (χ4v) is 1.36. The maximum atomic E-state index is 11.3. The molecular formula is C12H17NO2. The van der Waals surface area contributed by atoms with Crippen molar-refractivity contribution in [3.05, 3.63) is 35.4 Å². The predicted molar refractivity (Wildman–Crippen MR) is 60.0 cm³/mol. The Labute approximate surface area is 90.2 Å². The van der Waals surface area contributed by atoms with Gasteiger partial charge in [-0.3, -0.25) is 4.79 Å². The first-order valence-electron chi connectivity index (χ1n) is 5.02. The highest BCUT2D eigenvalue weighted by atomic mass is 16.5. The summed E-state index contributed by atoms with van der Waals surface area (Å²) in [5.74, 6) is -0.0265. The van der Waals surface area contributed by atoms with Gasteiger partial charge in [0.15, 0.2) is 5.78 Å².